The first-order valence-corrected chi connectivity index (χ1v) is 13.3. The Morgan fingerprint density at radius 2 is 1.76 bits per heavy atom. The Kier molecular flexibility index (Phi) is 7.31. The Morgan fingerprint density at radius 1 is 1.21 bits per heavy atom. The summed E-state index contributed by atoms with van der Waals surface area (Å²) in [5, 5.41) is -0.359. The molecule has 1 fully saturated rings. The molecular formula is C20H30N2O5SSi. The molecule has 2 unspecified atom stereocenters. The molecule has 2 amide bonds. The third kappa shape index (κ3) is 5.47. The van der Waals surface area contributed by atoms with Crippen LogP contribution in [0.3, 0.4) is 0 Å². The summed E-state index contributed by atoms with van der Waals surface area (Å²) < 4.78 is 6.32. The molecule has 2 atom stereocenters. The summed E-state index contributed by atoms with van der Waals surface area (Å²) >= 11 is 1.11. The van der Waals surface area contributed by atoms with Crippen molar-refractivity contribution >= 4 is 37.0 Å². The zero-order chi connectivity index (χ0) is 22.0. The lowest BCUT2D eigenvalue weighted by Crippen LogP contribution is -2.59. The Labute approximate surface area is 177 Å². The van der Waals surface area contributed by atoms with Crippen molar-refractivity contribution in [1.29, 1.82) is 0 Å². The quantitative estimate of drug-likeness (QED) is 0.396. The van der Waals surface area contributed by atoms with Gasteiger partial charge in [0.2, 0.25) is 11.0 Å². The summed E-state index contributed by atoms with van der Waals surface area (Å²) in [7, 11) is -0.681. The van der Waals surface area contributed by atoms with Crippen LogP contribution in [-0.4, -0.2) is 48.9 Å². The van der Waals surface area contributed by atoms with E-state index in [1.807, 2.05) is 6.92 Å². The highest BCUT2D eigenvalue weighted by Gasteiger charge is 2.45. The van der Waals surface area contributed by atoms with Crippen LogP contribution in [-0.2, 0) is 14.1 Å². The van der Waals surface area contributed by atoms with Gasteiger partial charge in [0.25, 0.3) is 5.91 Å². The molecule has 1 aliphatic rings. The lowest BCUT2D eigenvalue weighted by molar-refractivity contribution is -0.153. The van der Waals surface area contributed by atoms with Gasteiger partial charge in [-0.1, -0.05) is 32.5 Å². The van der Waals surface area contributed by atoms with Crippen molar-refractivity contribution in [3.05, 3.63) is 35.4 Å². The van der Waals surface area contributed by atoms with Crippen molar-refractivity contribution in [1.82, 2.24) is 10.4 Å². The average molecular weight is 439 g/mol. The molecule has 1 saturated heterocycles. The van der Waals surface area contributed by atoms with Gasteiger partial charge in [-0.15, -0.1) is 0 Å². The smallest absolute Gasteiger partial charge is 0.274 e. The average Bonchev–Trinajstić information content (AvgIpc) is 2.59. The van der Waals surface area contributed by atoms with E-state index in [1.54, 1.807) is 29.2 Å². The van der Waals surface area contributed by atoms with Crippen molar-refractivity contribution < 1.29 is 23.6 Å². The molecule has 1 aliphatic heterocycles. The summed E-state index contributed by atoms with van der Waals surface area (Å²) in [6.07, 6.45) is -0.0572. The molecular weight excluding hydrogens is 408 g/mol. The molecule has 0 bridgehead atoms. The third-order valence-electron chi connectivity index (χ3n) is 5.43. The summed E-state index contributed by atoms with van der Waals surface area (Å²) in [6, 6.07) is 6.32. The summed E-state index contributed by atoms with van der Waals surface area (Å²) in [5.41, 5.74) is 3.10. The fourth-order valence-electron chi connectivity index (χ4n) is 2.70. The van der Waals surface area contributed by atoms with Crippen LogP contribution >= 0.6 is 11.8 Å². The van der Waals surface area contributed by atoms with Crippen LogP contribution in [0.25, 0.3) is 0 Å². The number of carbonyl (C=O) groups is 3. The molecule has 0 radical (unpaired) electrons. The van der Waals surface area contributed by atoms with Gasteiger partial charge in [-0.2, -0.15) is 0 Å². The van der Waals surface area contributed by atoms with Crippen LogP contribution in [0, 0.1) is 0 Å². The van der Waals surface area contributed by atoms with Crippen molar-refractivity contribution in [3.63, 3.8) is 0 Å². The number of benzene rings is 1. The Hall–Kier alpha value is -1.68. The van der Waals surface area contributed by atoms with Gasteiger partial charge >= 0.3 is 0 Å². The zero-order valence-corrected chi connectivity index (χ0v) is 19.9. The third-order valence-corrected chi connectivity index (χ3v) is 11.1. The maximum Gasteiger partial charge on any atom is 0.274 e. The number of hydroxylamine groups is 1. The molecule has 1 aromatic carbocycles. The number of hydrogen-bond donors (Lipinski definition) is 1. The maximum atomic E-state index is 12.6. The fourth-order valence-corrected chi connectivity index (χ4v) is 5.17. The standard InChI is InChI=1S/C20H30N2O5SSi/c1-13(27-29(6,7)20(2,3)4)22-16(23)12-17(22)28-19(25)15-10-8-14(9-11-15)18(24)21-26-5/h8-11,13,17H,12H2,1-7H3,(H,21,24). The SMILES string of the molecule is CONC(=O)c1ccc(C(=O)SC2CC(=O)N2C(C)O[Si](C)(C)C(C)(C)C)cc1. The molecule has 0 aliphatic carbocycles. The topological polar surface area (TPSA) is 84.9 Å². The van der Waals surface area contributed by atoms with Gasteiger partial charge in [0.15, 0.2) is 8.32 Å². The number of hydrogen-bond acceptors (Lipinski definition) is 6. The van der Waals surface area contributed by atoms with Crippen molar-refractivity contribution in [2.24, 2.45) is 0 Å². The number of thioether (sulfide) groups is 1. The van der Waals surface area contributed by atoms with E-state index in [1.165, 1.54) is 7.11 Å². The fraction of sp³-hybridized carbons (Fsp3) is 0.550. The van der Waals surface area contributed by atoms with E-state index < -0.39 is 8.32 Å². The monoisotopic (exact) mass is 438 g/mol. The number of likely N-dealkylation sites (tertiary alicyclic amines) is 1. The molecule has 7 nitrogen and oxygen atoms in total. The van der Waals surface area contributed by atoms with E-state index in [0.717, 1.165) is 11.8 Å². The number of β-lactam (4-membered cyclic amide) rings is 1. The van der Waals surface area contributed by atoms with Gasteiger partial charge in [-0.3, -0.25) is 19.2 Å². The predicted molar refractivity (Wildman–Crippen MR) is 116 cm³/mol. The molecule has 1 N–H and O–H groups in total. The van der Waals surface area contributed by atoms with Crippen molar-refractivity contribution in [3.8, 4) is 0 Å². The van der Waals surface area contributed by atoms with Crippen LogP contribution < -0.4 is 5.48 Å². The first-order chi connectivity index (χ1) is 13.4. The van der Waals surface area contributed by atoms with E-state index in [0.29, 0.717) is 17.5 Å². The molecule has 1 heterocycles. The number of rotatable bonds is 7. The van der Waals surface area contributed by atoms with Gasteiger partial charge in [0, 0.05) is 11.1 Å². The highest BCUT2D eigenvalue weighted by Crippen LogP contribution is 2.40. The number of nitrogens with one attached hydrogen (secondary N) is 1. The highest BCUT2D eigenvalue weighted by molar-refractivity contribution is 8.14. The van der Waals surface area contributed by atoms with Gasteiger partial charge in [0.05, 0.1) is 18.9 Å². The first-order valence-electron chi connectivity index (χ1n) is 9.50. The summed E-state index contributed by atoms with van der Waals surface area (Å²) in [6.45, 7) is 12.6. The zero-order valence-electron chi connectivity index (χ0n) is 18.1. The van der Waals surface area contributed by atoms with Gasteiger partial charge in [-0.25, -0.2) is 5.48 Å². The first kappa shape index (κ1) is 23.6. The van der Waals surface area contributed by atoms with E-state index in [9.17, 15) is 14.4 Å². The molecule has 160 valence electrons. The lowest BCUT2D eigenvalue weighted by atomic mass is 10.1. The van der Waals surface area contributed by atoms with E-state index in [2.05, 4.69) is 44.2 Å². The van der Waals surface area contributed by atoms with Crippen LogP contribution in [0.15, 0.2) is 24.3 Å². The van der Waals surface area contributed by atoms with E-state index >= 15 is 0 Å². The van der Waals surface area contributed by atoms with Crippen LogP contribution in [0.2, 0.25) is 18.1 Å². The Balaban J connectivity index is 2.01. The van der Waals surface area contributed by atoms with Gasteiger partial charge < -0.3 is 9.33 Å². The molecule has 0 spiro atoms. The minimum Gasteiger partial charge on any atom is -0.397 e. The normalized spacial score (nSPS) is 18.2. The van der Waals surface area contributed by atoms with Crippen LogP contribution in [0.5, 0.6) is 0 Å². The van der Waals surface area contributed by atoms with Gasteiger partial charge in [-0.05, 0) is 49.3 Å². The Morgan fingerprint density at radius 3 is 2.24 bits per heavy atom. The van der Waals surface area contributed by atoms with Crippen LogP contribution in [0.4, 0.5) is 0 Å². The molecule has 0 aromatic heterocycles. The molecule has 0 saturated carbocycles. The van der Waals surface area contributed by atoms with Crippen LogP contribution in [0.1, 0.15) is 54.8 Å². The molecule has 9 heteroatoms. The number of carbonyl (C=O) groups excluding carboxylic acids is 3. The lowest BCUT2D eigenvalue weighted by Gasteiger charge is -2.47. The summed E-state index contributed by atoms with van der Waals surface area (Å²) in [5.74, 6) is -0.389. The molecule has 1 aromatic rings. The van der Waals surface area contributed by atoms with Gasteiger partial charge in [0.1, 0.15) is 6.23 Å². The predicted octanol–water partition coefficient (Wildman–Crippen LogP) is 3.78. The minimum absolute atomic E-state index is 0.00639. The summed E-state index contributed by atoms with van der Waals surface area (Å²) in [4.78, 5) is 42.8. The second kappa shape index (κ2) is 8.99. The largest absolute Gasteiger partial charge is 0.397 e. The van der Waals surface area contributed by atoms with Crippen molar-refractivity contribution in [2.45, 2.75) is 63.8 Å². The van der Waals surface area contributed by atoms with Crippen molar-refractivity contribution in [2.75, 3.05) is 7.11 Å². The maximum absolute atomic E-state index is 12.6. The molecule has 29 heavy (non-hydrogen) atoms. The highest BCUT2D eigenvalue weighted by atomic mass is 32.2. The number of amides is 2. The van der Waals surface area contributed by atoms with E-state index in [-0.39, 0.29) is 33.6 Å². The second-order valence-corrected chi connectivity index (χ2v) is 14.5. The Bertz CT molecular complexity index is 776. The minimum atomic E-state index is -2.04. The second-order valence-electron chi connectivity index (χ2n) is 8.56. The molecule has 2 rings (SSSR count). The van der Waals surface area contributed by atoms with E-state index in [4.69, 9.17) is 4.43 Å². The number of nitrogens with zero attached hydrogens (tertiary/aromatic N) is 1.